The molecule has 0 bridgehead atoms. The molecule has 4 aromatic heterocycles. The molecule has 5 aromatic rings. The van der Waals surface area contributed by atoms with Crippen LogP contribution in [-0.4, -0.2) is 57.4 Å². The van der Waals surface area contributed by atoms with Gasteiger partial charge >= 0.3 is 0 Å². The molecule has 5 heterocycles. The number of aryl methyl sites for hydroxylation is 2. The Kier molecular flexibility index (Phi) is 6.20. The van der Waals surface area contributed by atoms with E-state index in [1.54, 1.807) is 10.9 Å². The van der Waals surface area contributed by atoms with Crippen LogP contribution in [0.3, 0.4) is 0 Å². The maximum absolute atomic E-state index is 12.9. The Bertz CT molecular complexity index is 1760. The van der Waals surface area contributed by atoms with E-state index in [2.05, 4.69) is 32.0 Å². The Balaban J connectivity index is 1.77. The van der Waals surface area contributed by atoms with Crippen molar-refractivity contribution in [1.82, 2.24) is 29.5 Å². The third-order valence-electron chi connectivity index (χ3n) is 7.33. The van der Waals surface area contributed by atoms with Crippen molar-refractivity contribution in [2.75, 3.05) is 19.5 Å². The van der Waals surface area contributed by atoms with Gasteiger partial charge in [0.15, 0.2) is 14.9 Å². The minimum absolute atomic E-state index is 0.0296. The number of rotatable bonds is 5. The van der Waals surface area contributed by atoms with Crippen LogP contribution >= 0.6 is 11.6 Å². The number of ether oxygens (including phenoxy) is 1. The van der Waals surface area contributed by atoms with Crippen molar-refractivity contribution in [3.63, 3.8) is 0 Å². The van der Waals surface area contributed by atoms with E-state index in [-0.39, 0.29) is 17.0 Å². The summed E-state index contributed by atoms with van der Waals surface area (Å²) >= 11 is 6.86. The molecule has 196 valence electrons. The zero-order valence-electron chi connectivity index (χ0n) is 21.3. The van der Waals surface area contributed by atoms with Gasteiger partial charge in [0.05, 0.1) is 44.4 Å². The number of hydrogen-bond donors (Lipinski definition) is 0. The van der Waals surface area contributed by atoms with Crippen molar-refractivity contribution < 1.29 is 13.2 Å². The molecule has 1 aromatic carbocycles. The minimum atomic E-state index is -3.67. The molecule has 1 aliphatic heterocycles. The van der Waals surface area contributed by atoms with Crippen molar-refractivity contribution in [2.45, 2.75) is 30.8 Å². The van der Waals surface area contributed by atoms with Gasteiger partial charge in [0, 0.05) is 44.5 Å². The molecule has 6 rings (SSSR count). The summed E-state index contributed by atoms with van der Waals surface area (Å²) in [5.41, 5.74) is 5.48. The molecule has 0 unspecified atom stereocenters. The average Bonchev–Trinajstić information content (AvgIpc) is 3.42. The van der Waals surface area contributed by atoms with Crippen LogP contribution < -0.4 is 0 Å². The second kappa shape index (κ2) is 9.44. The molecule has 1 atom stereocenters. The van der Waals surface area contributed by atoms with Gasteiger partial charge < -0.3 is 9.30 Å². The fraction of sp³-hybridized carbons (Fsp3) is 0.333. The fourth-order valence-corrected chi connectivity index (χ4v) is 6.77. The predicted molar refractivity (Wildman–Crippen MR) is 146 cm³/mol. The van der Waals surface area contributed by atoms with E-state index in [4.69, 9.17) is 21.3 Å². The summed E-state index contributed by atoms with van der Waals surface area (Å²) in [5, 5.41) is 9.15. The number of benzene rings is 1. The van der Waals surface area contributed by atoms with Crippen LogP contribution in [0.5, 0.6) is 0 Å². The first kappa shape index (κ1) is 25.0. The second-order valence-electron chi connectivity index (χ2n) is 9.82. The molecule has 38 heavy (non-hydrogen) atoms. The lowest BCUT2D eigenvalue weighted by atomic mass is 9.86. The molecule has 0 saturated carbocycles. The molecule has 1 fully saturated rings. The summed E-state index contributed by atoms with van der Waals surface area (Å²) in [4.78, 5) is 9.10. The number of hydrogen-bond acceptors (Lipinski definition) is 7. The van der Waals surface area contributed by atoms with Crippen LogP contribution in [0.15, 0.2) is 53.8 Å². The molecule has 9 nitrogen and oxygen atoms in total. The zero-order valence-corrected chi connectivity index (χ0v) is 22.9. The molecule has 1 aliphatic rings. The SMILES string of the molecule is Cc1nnn(C)c1-c1cnc2c3c(S(C)(=O)=O)ncc(Cl)c3n([C@H](c3ccccc3)C3CCOCC3)c2c1. The Morgan fingerprint density at radius 2 is 1.84 bits per heavy atom. The van der Waals surface area contributed by atoms with Crippen molar-refractivity contribution >= 4 is 43.4 Å². The van der Waals surface area contributed by atoms with Gasteiger partial charge in [-0.15, -0.1) is 5.10 Å². The highest BCUT2D eigenvalue weighted by Gasteiger charge is 2.33. The maximum Gasteiger partial charge on any atom is 0.193 e. The Hall–Kier alpha value is -3.34. The normalized spacial score (nSPS) is 15.9. The van der Waals surface area contributed by atoms with Crippen molar-refractivity contribution in [3.8, 4) is 11.3 Å². The van der Waals surface area contributed by atoms with Gasteiger partial charge in [-0.3, -0.25) is 4.98 Å². The first-order valence-electron chi connectivity index (χ1n) is 12.4. The van der Waals surface area contributed by atoms with Crippen LogP contribution in [0.4, 0.5) is 0 Å². The molecular weight excluding hydrogens is 524 g/mol. The molecule has 0 spiro atoms. The topological polar surface area (TPSA) is 105 Å². The second-order valence-corrected chi connectivity index (χ2v) is 12.2. The smallest absolute Gasteiger partial charge is 0.193 e. The maximum atomic E-state index is 12.9. The molecule has 0 N–H and O–H groups in total. The highest BCUT2D eigenvalue weighted by atomic mass is 35.5. The van der Waals surface area contributed by atoms with E-state index in [0.717, 1.165) is 47.1 Å². The van der Waals surface area contributed by atoms with Gasteiger partial charge in [0.1, 0.15) is 0 Å². The largest absolute Gasteiger partial charge is 0.381 e. The summed E-state index contributed by atoms with van der Waals surface area (Å²) in [7, 11) is -1.83. The summed E-state index contributed by atoms with van der Waals surface area (Å²) in [6.45, 7) is 3.23. The Labute approximate surface area is 225 Å². The molecule has 11 heteroatoms. The van der Waals surface area contributed by atoms with E-state index in [0.29, 0.717) is 34.7 Å². The average molecular weight is 551 g/mol. The number of pyridine rings is 2. The van der Waals surface area contributed by atoms with Crippen LogP contribution in [0, 0.1) is 12.8 Å². The van der Waals surface area contributed by atoms with E-state index in [9.17, 15) is 8.42 Å². The summed E-state index contributed by atoms with van der Waals surface area (Å²) < 4.78 is 35.4. The van der Waals surface area contributed by atoms with Crippen molar-refractivity contribution in [1.29, 1.82) is 0 Å². The third kappa shape index (κ3) is 4.07. The van der Waals surface area contributed by atoms with Crippen molar-refractivity contribution in [2.24, 2.45) is 13.0 Å². The lowest BCUT2D eigenvalue weighted by Gasteiger charge is -2.33. The molecule has 0 radical (unpaired) electrons. The fourth-order valence-electron chi connectivity index (χ4n) is 5.73. The highest BCUT2D eigenvalue weighted by Crippen LogP contribution is 2.44. The first-order chi connectivity index (χ1) is 18.3. The quantitative estimate of drug-likeness (QED) is 0.310. The van der Waals surface area contributed by atoms with Gasteiger partial charge in [-0.05, 0) is 37.3 Å². The summed E-state index contributed by atoms with van der Waals surface area (Å²) in [5.74, 6) is 0.236. The Morgan fingerprint density at radius 1 is 1.11 bits per heavy atom. The van der Waals surface area contributed by atoms with E-state index in [1.807, 2.05) is 38.2 Å². The summed E-state index contributed by atoms with van der Waals surface area (Å²) in [6, 6.07) is 12.2. The number of aromatic nitrogens is 6. The predicted octanol–water partition coefficient (Wildman–Crippen LogP) is 4.76. The number of nitrogens with zero attached hydrogens (tertiary/aromatic N) is 6. The summed E-state index contributed by atoms with van der Waals surface area (Å²) in [6.07, 6.45) is 6.05. The number of sulfone groups is 1. The molecule has 1 saturated heterocycles. The van der Waals surface area contributed by atoms with Gasteiger partial charge in [0.25, 0.3) is 0 Å². The lowest BCUT2D eigenvalue weighted by molar-refractivity contribution is 0.0553. The van der Waals surface area contributed by atoms with Gasteiger partial charge in [-0.1, -0.05) is 47.1 Å². The van der Waals surface area contributed by atoms with E-state index in [1.165, 1.54) is 6.20 Å². The van der Waals surface area contributed by atoms with Crippen LogP contribution in [0.2, 0.25) is 5.02 Å². The Morgan fingerprint density at radius 3 is 2.50 bits per heavy atom. The minimum Gasteiger partial charge on any atom is -0.381 e. The van der Waals surface area contributed by atoms with E-state index >= 15 is 0 Å². The van der Waals surface area contributed by atoms with Crippen LogP contribution in [0.1, 0.15) is 30.1 Å². The highest BCUT2D eigenvalue weighted by molar-refractivity contribution is 7.90. The monoisotopic (exact) mass is 550 g/mol. The lowest BCUT2D eigenvalue weighted by Crippen LogP contribution is -2.27. The number of fused-ring (bicyclic) bond motifs is 3. The molecule has 0 amide bonds. The first-order valence-corrected chi connectivity index (χ1v) is 14.7. The van der Waals surface area contributed by atoms with Crippen molar-refractivity contribution in [3.05, 3.63) is 65.1 Å². The van der Waals surface area contributed by atoms with Gasteiger partial charge in [-0.2, -0.15) is 0 Å². The zero-order chi connectivity index (χ0) is 26.6. The van der Waals surface area contributed by atoms with E-state index < -0.39 is 9.84 Å². The molecule has 0 aliphatic carbocycles. The third-order valence-corrected chi connectivity index (χ3v) is 8.62. The van der Waals surface area contributed by atoms with Crippen LogP contribution in [0.25, 0.3) is 33.2 Å². The van der Waals surface area contributed by atoms with Gasteiger partial charge in [0.2, 0.25) is 0 Å². The number of halogens is 1. The standard InChI is InChI=1S/C27H27ClN6O3S/c1-16-24(33(2)32-31-16)19-13-21-23(29-14-19)22-26(20(28)15-30-27(22)38(3,35)36)34(21)25(17-7-5-4-6-8-17)18-9-11-37-12-10-18/h4-8,13-15,18,25H,9-12H2,1-3H3/t25-/m1/s1. The van der Waals surface area contributed by atoms with Gasteiger partial charge in [-0.25, -0.2) is 18.1 Å². The van der Waals surface area contributed by atoms with Crippen LogP contribution in [-0.2, 0) is 21.6 Å². The molecular formula is C27H27ClN6O3S.